The molecule has 4 nitrogen and oxygen atoms in total. The predicted octanol–water partition coefficient (Wildman–Crippen LogP) is 2.82. The van der Waals surface area contributed by atoms with Crippen molar-refractivity contribution in [1.82, 2.24) is 5.32 Å². The molecule has 0 unspecified atom stereocenters. The van der Waals surface area contributed by atoms with Crippen LogP contribution in [0.4, 0.5) is 0 Å². The fourth-order valence-corrected chi connectivity index (χ4v) is 3.86. The molecule has 0 spiro atoms. The summed E-state index contributed by atoms with van der Waals surface area (Å²) < 4.78 is 23.3. The summed E-state index contributed by atoms with van der Waals surface area (Å²) in [5, 5.41) is 2.79. The number of nitrogens with one attached hydrogen (secondary N) is 1. The minimum Gasteiger partial charge on any atom is -0.352 e. The van der Waals surface area contributed by atoms with Gasteiger partial charge in [0, 0.05) is 27.3 Å². The van der Waals surface area contributed by atoms with Crippen LogP contribution in [0.1, 0.15) is 28.8 Å². The van der Waals surface area contributed by atoms with E-state index in [1.165, 1.54) is 6.07 Å². The Morgan fingerprint density at radius 3 is 2.63 bits per heavy atom. The molecule has 1 aromatic carbocycles. The maximum atomic E-state index is 12.0. The average molecular weight is 367 g/mol. The van der Waals surface area contributed by atoms with Gasteiger partial charge in [-0.05, 0) is 59.3 Å². The first-order chi connectivity index (χ1) is 8.79. The third-order valence-electron chi connectivity index (χ3n) is 2.99. The lowest BCUT2D eigenvalue weighted by Crippen LogP contribution is -2.25. The van der Waals surface area contributed by atoms with Gasteiger partial charge in [0.25, 0.3) is 15.0 Å². The van der Waals surface area contributed by atoms with E-state index in [9.17, 15) is 13.2 Å². The number of aryl methyl sites for hydroxylation is 1. The molecule has 1 amide bonds. The maximum Gasteiger partial charge on any atom is 0.262 e. The minimum absolute atomic E-state index is 0.0780. The quantitative estimate of drug-likeness (QED) is 0.833. The fourth-order valence-electron chi connectivity index (χ4n) is 1.71. The van der Waals surface area contributed by atoms with Crippen molar-refractivity contribution in [1.29, 1.82) is 0 Å². The monoisotopic (exact) mass is 365 g/mol. The van der Waals surface area contributed by atoms with Crippen molar-refractivity contribution >= 4 is 41.6 Å². The molecule has 1 aromatic rings. The Morgan fingerprint density at radius 2 is 2.11 bits per heavy atom. The molecule has 1 saturated carbocycles. The van der Waals surface area contributed by atoms with Crippen LogP contribution in [0.15, 0.2) is 21.5 Å². The Labute approximate surface area is 125 Å². The predicted molar refractivity (Wildman–Crippen MR) is 77.0 cm³/mol. The molecule has 0 radical (unpaired) electrons. The van der Waals surface area contributed by atoms with E-state index in [4.69, 9.17) is 10.7 Å². The number of halogens is 2. The van der Waals surface area contributed by atoms with Gasteiger partial charge in [0.1, 0.15) is 0 Å². The fraction of sp³-hybridized carbons (Fsp3) is 0.417. The van der Waals surface area contributed by atoms with Gasteiger partial charge in [-0.25, -0.2) is 8.42 Å². The van der Waals surface area contributed by atoms with E-state index in [-0.39, 0.29) is 10.8 Å². The molecule has 0 aliphatic heterocycles. The Bertz CT molecular complexity index is 626. The normalized spacial score (nSPS) is 15.3. The van der Waals surface area contributed by atoms with Crippen LogP contribution in [0.2, 0.25) is 0 Å². The van der Waals surface area contributed by atoms with Crippen LogP contribution in [0.5, 0.6) is 0 Å². The number of benzene rings is 1. The van der Waals surface area contributed by atoms with Crippen molar-refractivity contribution in [2.75, 3.05) is 6.54 Å². The van der Waals surface area contributed by atoms with E-state index in [1.54, 1.807) is 13.0 Å². The van der Waals surface area contributed by atoms with Gasteiger partial charge in [0.2, 0.25) is 0 Å². The Morgan fingerprint density at radius 1 is 1.47 bits per heavy atom. The molecule has 2 rings (SSSR count). The van der Waals surface area contributed by atoms with E-state index in [1.807, 2.05) is 0 Å². The molecule has 19 heavy (non-hydrogen) atoms. The molecule has 104 valence electrons. The zero-order chi connectivity index (χ0) is 14.2. The maximum absolute atomic E-state index is 12.0. The van der Waals surface area contributed by atoms with Crippen molar-refractivity contribution < 1.29 is 13.2 Å². The molecule has 0 heterocycles. The number of hydrogen-bond acceptors (Lipinski definition) is 3. The summed E-state index contributed by atoms with van der Waals surface area (Å²) in [4.78, 5) is 11.9. The summed E-state index contributed by atoms with van der Waals surface area (Å²) in [5.74, 6) is 0.292. The van der Waals surface area contributed by atoms with E-state index in [0.29, 0.717) is 28.1 Å². The first-order valence-electron chi connectivity index (χ1n) is 5.82. The Hall–Kier alpha value is -0.590. The van der Waals surface area contributed by atoms with E-state index in [0.717, 1.165) is 12.8 Å². The van der Waals surface area contributed by atoms with Gasteiger partial charge in [-0.3, -0.25) is 4.79 Å². The van der Waals surface area contributed by atoms with Crippen LogP contribution in [-0.2, 0) is 9.05 Å². The third-order valence-corrected chi connectivity index (χ3v) is 5.66. The smallest absolute Gasteiger partial charge is 0.262 e. The summed E-state index contributed by atoms with van der Waals surface area (Å²) >= 11 is 3.18. The second-order valence-corrected chi connectivity index (χ2v) is 8.02. The molecule has 0 aromatic heterocycles. The zero-order valence-corrected chi connectivity index (χ0v) is 13.4. The van der Waals surface area contributed by atoms with Gasteiger partial charge in [-0.15, -0.1) is 0 Å². The Kier molecular flexibility index (Phi) is 4.23. The highest BCUT2D eigenvalue weighted by atomic mass is 79.9. The molecule has 0 atom stereocenters. The second kappa shape index (κ2) is 5.42. The summed E-state index contributed by atoms with van der Waals surface area (Å²) in [6, 6.07) is 2.93. The van der Waals surface area contributed by atoms with Crippen LogP contribution < -0.4 is 5.32 Å². The van der Waals surface area contributed by atoms with Crippen molar-refractivity contribution in [3.63, 3.8) is 0 Å². The minimum atomic E-state index is -3.89. The molecule has 1 aliphatic carbocycles. The lowest BCUT2D eigenvalue weighted by Gasteiger charge is -2.09. The van der Waals surface area contributed by atoms with Gasteiger partial charge in [0.05, 0.1) is 4.90 Å². The number of carbonyl (C=O) groups is 1. The van der Waals surface area contributed by atoms with Crippen LogP contribution in [0, 0.1) is 12.8 Å². The van der Waals surface area contributed by atoms with Crippen molar-refractivity contribution in [2.45, 2.75) is 24.7 Å². The summed E-state index contributed by atoms with van der Waals surface area (Å²) in [6.45, 7) is 2.35. The van der Waals surface area contributed by atoms with Gasteiger partial charge >= 0.3 is 0 Å². The third kappa shape index (κ3) is 3.70. The molecule has 1 N–H and O–H groups in total. The zero-order valence-electron chi connectivity index (χ0n) is 10.2. The topological polar surface area (TPSA) is 63.2 Å². The highest BCUT2D eigenvalue weighted by Crippen LogP contribution is 2.30. The highest BCUT2D eigenvalue weighted by Gasteiger charge is 2.23. The van der Waals surface area contributed by atoms with Crippen molar-refractivity contribution in [3.05, 3.63) is 27.7 Å². The van der Waals surface area contributed by atoms with Gasteiger partial charge in [-0.2, -0.15) is 0 Å². The van der Waals surface area contributed by atoms with Gasteiger partial charge in [0.15, 0.2) is 0 Å². The second-order valence-electron chi connectivity index (χ2n) is 4.70. The van der Waals surface area contributed by atoms with Crippen molar-refractivity contribution in [3.8, 4) is 0 Å². The lowest BCUT2D eigenvalue weighted by molar-refractivity contribution is 0.0951. The summed E-state index contributed by atoms with van der Waals surface area (Å²) in [7, 11) is 1.47. The number of rotatable bonds is 4. The molecule has 1 fully saturated rings. The van der Waals surface area contributed by atoms with E-state index >= 15 is 0 Å². The van der Waals surface area contributed by atoms with Gasteiger partial charge in [-0.1, -0.05) is 0 Å². The number of carbonyl (C=O) groups excluding carboxylic acids is 1. The summed E-state index contributed by atoms with van der Waals surface area (Å²) in [5.41, 5.74) is 0.957. The lowest BCUT2D eigenvalue weighted by atomic mass is 10.1. The first kappa shape index (κ1) is 14.8. The van der Waals surface area contributed by atoms with Crippen molar-refractivity contribution in [2.24, 2.45) is 5.92 Å². The number of amides is 1. The highest BCUT2D eigenvalue weighted by molar-refractivity contribution is 9.10. The molecule has 7 heteroatoms. The van der Waals surface area contributed by atoms with Crippen LogP contribution in [-0.4, -0.2) is 20.9 Å². The van der Waals surface area contributed by atoms with E-state index in [2.05, 4.69) is 21.2 Å². The largest absolute Gasteiger partial charge is 0.352 e. The molecular weight excluding hydrogens is 354 g/mol. The Balaban J connectivity index is 2.30. The first-order valence-corrected chi connectivity index (χ1v) is 8.92. The standard InChI is InChI=1S/C12H13BrClNO3S/c1-7-4-9(12(16)15-6-8-2-3-8)5-10(11(7)13)19(14,17)18/h4-5,8H,2-3,6H2,1H3,(H,15,16). The molecule has 0 saturated heterocycles. The SMILES string of the molecule is Cc1cc(C(=O)NCC2CC2)cc(S(=O)(=O)Cl)c1Br. The van der Waals surface area contributed by atoms with Crippen LogP contribution in [0.3, 0.4) is 0 Å². The number of hydrogen-bond donors (Lipinski definition) is 1. The molecular formula is C12H13BrClNO3S. The van der Waals surface area contributed by atoms with Gasteiger partial charge < -0.3 is 5.32 Å². The average Bonchev–Trinajstić information content (AvgIpc) is 3.11. The summed E-state index contributed by atoms with van der Waals surface area (Å²) in [6.07, 6.45) is 2.28. The molecule has 1 aliphatic rings. The molecule has 0 bridgehead atoms. The van der Waals surface area contributed by atoms with Crippen LogP contribution >= 0.6 is 26.6 Å². The van der Waals surface area contributed by atoms with Crippen LogP contribution in [0.25, 0.3) is 0 Å². The van der Waals surface area contributed by atoms with E-state index < -0.39 is 9.05 Å².